The van der Waals surface area contributed by atoms with Crippen LogP contribution in [-0.4, -0.2) is 11.1 Å². The lowest BCUT2D eigenvalue weighted by Gasteiger charge is -2.19. The van der Waals surface area contributed by atoms with Crippen molar-refractivity contribution in [3.8, 4) is 0 Å². The zero-order chi connectivity index (χ0) is 14.8. The molecule has 3 heteroatoms. The van der Waals surface area contributed by atoms with E-state index in [1.165, 1.54) is 17.2 Å². The lowest BCUT2D eigenvalue weighted by molar-refractivity contribution is -0.137. The van der Waals surface area contributed by atoms with Crippen molar-refractivity contribution in [2.45, 2.75) is 31.6 Å². The van der Waals surface area contributed by atoms with Crippen LogP contribution in [0, 0.1) is 5.82 Å². The van der Waals surface area contributed by atoms with E-state index < -0.39 is 5.97 Å². The number of hydrogen-bond acceptors (Lipinski definition) is 1. The van der Waals surface area contributed by atoms with Gasteiger partial charge in [0, 0.05) is 12.3 Å². The van der Waals surface area contributed by atoms with Crippen molar-refractivity contribution in [2.75, 3.05) is 0 Å². The third-order valence-electron chi connectivity index (χ3n) is 4.22. The van der Waals surface area contributed by atoms with Gasteiger partial charge in [0.1, 0.15) is 5.82 Å². The fraction of sp³-hybridized carbons (Fsp3) is 0.278. The standard InChI is InChI=1S/C18H17FO2/c19-14-7-8-16-13(11-14)6-5-12-3-1-2-4-15(12)17(16)9-10-18(20)21/h1-4,7-8,11,17H,5-6,9-10H2,(H,20,21). The van der Waals surface area contributed by atoms with Crippen LogP contribution < -0.4 is 0 Å². The molecular formula is C18H17FO2. The number of halogens is 1. The fourth-order valence-corrected chi connectivity index (χ4v) is 3.25. The van der Waals surface area contributed by atoms with Crippen LogP contribution in [0.25, 0.3) is 0 Å². The average molecular weight is 284 g/mol. The predicted molar refractivity (Wildman–Crippen MR) is 79.0 cm³/mol. The first kappa shape index (κ1) is 13.8. The van der Waals surface area contributed by atoms with E-state index in [4.69, 9.17) is 5.11 Å². The number of benzene rings is 2. The van der Waals surface area contributed by atoms with Gasteiger partial charge >= 0.3 is 5.97 Å². The van der Waals surface area contributed by atoms with E-state index in [1.807, 2.05) is 18.2 Å². The number of aryl methyl sites for hydroxylation is 2. The summed E-state index contributed by atoms with van der Waals surface area (Å²) in [4.78, 5) is 10.9. The lowest BCUT2D eigenvalue weighted by atomic mass is 9.85. The van der Waals surface area contributed by atoms with E-state index >= 15 is 0 Å². The van der Waals surface area contributed by atoms with Gasteiger partial charge in [-0.3, -0.25) is 4.79 Å². The second-order valence-corrected chi connectivity index (χ2v) is 5.53. The minimum atomic E-state index is -0.791. The van der Waals surface area contributed by atoms with Gasteiger partial charge < -0.3 is 5.11 Å². The van der Waals surface area contributed by atoms with Crippen molar-refractivity contribution in [3.63, 3.8) is 0 Å². The van der Waals surface area contributed by atoms with Crippen LogP contribution in [0.1, 0.15) is 41.0 Å². The zero-order valence-electron chi connectivity index (χ0n) is 11.7. The molecule has 1 atom stereocenters. The van der Waals surface area contributed by atoms with E-state index in [2.05, 4.69) is 12.1 Å². The highest BCUT2D eigenvalue weighted by Crippen LogP contribution is 2.37. The molecule has 0 aromatic heterocycles. The van der Waals surface area contributed by atoms with Crippen molar-refractivity contribution in [3.05, 3.63) is 70.5 Å². The van der Waals surface area contributed by atoms with E-state index in [0.29, 0.717) is 6.42 Å². The van der Waals surface area contributed by atoms with Gasteiger partial charge in [-0.1, -0.05) is 30.3 Å². The minimum Gasteiger partial charge on any atom is -0.481 e. The molecule has 0 saturated carbocycles. The third kappa shape index (κ3) is 2.82. The lowest BCUT2D eigenvalue weighted by Crippen LogP contribution is -2.07. The number of fused-ring (bicyclic) bond motifs is 2. The highest BCUT2D eigenvalue weighted by Gasteiger charge is 2.24. The van der Waals surface area contributed by atoms with E-state index in [0.717, 1.165) is 24.0 Å². The summed E-state index contributed by atoms with van der Waals surface area (Å²) in [5.74, 6) is -0.979. The number of rotatable bonds is 3. The molecule has 0 heterocycles. The molecule has 3 rings (SSSR count). The molecule has 1 aliphatic carbocycles. The van der Waals surface area contributed by atoms with Crippen molar-refractivity contribution >= 4 is 5.97 Å². The maximum absolute atomic E-state index is 13.5. The summed E-state index contributed by atoms with van der Waals surface area (Å²) in [6, 6.07) is 13.0. The van der Waals surface area contributed by atoms with Crippen molar-refractivity contribution in [1.29, 1.82) is 0 Å². The Hall–Kier alpha value is -2.16. The van der Waals surface area contributed by atoms with Crippen LogP contribution in [0.15, 0.2) is 42.5 Å². The quantitative estimate of drug-likeness (QED) is 0.927. The summed E-state index contributed by atoms with van der Waals surface area (Å²) >= 11 is 0. The first-order valence-corrected chi connectivity index (χ1v) is 7.23. The fourth-order valence-electron chi connectivity index (χ4n) is 3.25. The molecule has 21 heavy (non-hydrogen) atoms. The zero-order valence-corrected chi connectivity index (χ0v) is 11.7. The molecule has 0 bridgehead atoms. The predicted octanol–water partition coefficient (Wildman–Crippen LogP) is 3.92. The van der Waals surface area contributed by atoms with Gasteiger partial charge in [0.2, 0.25) is 0 Å². The Balaban J connectivity index is 2.08. The Labute approximate surface area is 123 Å². The van der Waals surface area contributed by atoms with E-state index in [1.54, 1.807) is 6.07 Å². The largest absolute Gasteiger partial charge is 0.481 e. The molecule has 1 unspecified atom stereocenters. The smallest absolute Gasteiger partial charge is 0.303 e. The van der Waals surface area contributed by atoms with Gasteiger partial charge in [-0.05, 0) is 53.6 Å². The van der Waals surface area contributed by atoms with Crippen LogP contribution >= 0.6 is 0 Å². The van der Waals surface area contributed by atoms with Gasteiger partial charge in [0.25, 0.3) is 0 Å². The van der Waals surface area contributed by atoms with E-state index in [9.17, 15) is 9.18 Å². The summed E-state index contributed by atoms with van der Waals surface area (Å²) in [6.45, 7) is 0. The normalized spacial score (nSPS) is 16.7. The summed E-state index contributed by atoms with van der Waals surface area (Å²) < 4.78 is 13.5. The molecule has 2 nitrogen and oxygen atoms in total. The van der Waals surface area contributed by atoms with E-state index in [-0.39, 0.29) is 18.2 Å². The first-order valence-electron chi connectivity index (χ1n) is 7.23. The van der Waals surface area contributed by atoms with Gasteiger partial charge in [-0.25, -0.2) is 4.39 Å². The molecule has 0 aliphatic heterocycles. The summed E-state index contributed by atoms with van der Waals surface area (Å²) in [5, 5.41) is 8.99. The first-order chi connectivity index (χ1) is 10.1. The molecule has 0 radical (unpaired) electrons. The SMILES string of the molecule is O=C(O)CCC1c2ccccc2CCc2cc(F)ccc21. The van der Waals surface area contributed by atoms with Crippen LogP contribution in [0.3, 0.4) is 0 Å². The molecule has 2 aromatic carbocycles. The van der Waals surface area contributed by atoms with Crippen molar-refractivity contribution in [1.82, 2.24) is 0 Å². The van der Waals surface area contributed by atoms with Crippen LogP contribution in [0.2, 0.25) is 0 Å². The Bertz CT molecular complexity index is 679. The Morgan fingerprint density at radius 3 is 2.62 bits per heavy atom. The molecule has 0 amide bonds. The third-order valence-corrected chi connectivity index (χ3v) is 4.22. The molecule has 108 valence electrons. The van der Waals surface area contributed by atoms with Crippen molar-refractivity contribution < 1.29 is 14.3 Å². The second kappa shape index (κ2) is 5.68. The minimum absolute atomic E-state index is 0.0374. The number of carboxylic acids is 1. The Kier molecular flexibility index (Phi) is 3.74. The van der Waals surface area contributed by atoms with Gasteiger partial charge in [-0.2, -0.15) is 0 Å². The molecule has 0 fully saturated rings. The molecule has 2 aromatic rings. The second-order valence-electron chi connectivity index (χ2n) is 5.53. The highest BCUT2D eigenvalue weighted by atomic mass is 19.1. The van der Waals surface area contributed by atoms with Crippen LogP contribution in [-0.2, 0) is 17.6 Å². The molecule has 0 saturated heterocycles. The Morgan fingerprint density at radius 2 is 1.81 bits per heavy atom. The Morgan fingerprint density at radius 1 is 1.10 bits per heavy atom. The number of carboxylic acid groups (broad SMARTS) is 1. The van der Waals surface area contributed by atoms with Crippen molar-refractivity contribution in [2.24, 2.45) is 0 Å². The summed E-state index contributed by atoms with van der Waals surface area (Å²) in [5.41, 5.74) is 4.50. The molecule has 1 N–H and O–H groups in total. The number of hydrogen-bond donors (Lipinski definition) is 1. The van der Waals surface area contributed by atoms with Gasteiger partial charge in [0.15, 0.2) is 0 Å². The topological polar surface area (TPSA) is 37.3 Å². The molecule has 0 spiro atoms. The molecular weight excluding hydrogens is 267 g/mol. The monoisotopic (exact) mass is 284 g/mol. The van der Waals surface area contributed by atoms with Gasteiger partial charge in [-0.15, -0.1) is 0 Å². The molecule has 1 aliphatic rings. The van der Waals surface area contributed by atoms with Gasteiger partial charge in [0.05, 0.1) is 0 Å². The van der Waals surface area contributed by atoms with Crippen LogP contribution in [0.5, 0.6) is 0 Å². The number of aliphatic carboxylic acids is 1. The highest BCUT2D eigenvalue weighted by molar-refractivity contribution is 5.67. The average Bonchev–Trinajstić information content (AvgIpc) is 2.62. The maximum Gasteiger partial charge on any atom is 0.303 e. The summed E-state index contributed by atoms with van der Waals surface area (Å²) in [7, 11) is 0. The summed E-state index contributed by atoms with van der Waals surface area (Å²) in [6.07, 6.45) is 2.34. The van der Waals surface area contributed by atoms with Crippen LogP contribution in [0.4, 0.5) is 4.39 Å². The number of carbonyl (C=O) groups is 1. The maximum atomic E-state index is 13.5.